The number of hydrogen-bond acceptors (Lipinski definition) is 0. The highest BCUT2D eigenvalue weighted by Crippen LogP contribution is 2.21. The minimum Gasteiger partial charge on any atom is -0.0843 e. The van der Waals surface area contributed by atoms with E-state index in [1.165, 1.54) is 5.56 Å². The lowest BCUT2D eigenvalue weighted by Gasteiger charge is -2.00. The van der Waals surface area contributed by atoms with Gasteiger partial charge in [0.05, 0.1) is 0 Å². The van der Waals surface area contributed by atoms with E-state index < -0.39 is 0 Å². The van der Waals surface area contributed by atoms with Crippen molar-refractivity contribution < 1.29 is 1.43 Å². The van der Waals surface area contributed by atoms with Crippen LogP contribution in [0.1, 0.15) is 1.43 Å². The molecular weight excluding hydrogens is 180 g/mol. The lowest BCUT2D eigenvalue weighted by Crippen LogP contribution is -1.75. The molecule has 0 aliphatic carbocycles. The molecule has 2 rings (SSSR count). The van der Waals surface area contributed by atoms with Crippen molar-refractivity contribution >= 4 is 11.6 Å². The van der Waals surface area contributed by atoms with Gasteiger partial charge in [0, 0.05) is 5.02 Å². The van der Waals surface area contributed by atoms with E-state index in [1.807, 2.05) is 36.4 Å². The van der Waals surface area contributed by atoms with Gasteiger partial charge in [-0.15, -0.1) is 0 Å². The fraction of sp³-hybridized carbons (Fsp3) is 0. The first-order valence-corrected chi connectivity index (χ1v) is 4.55. The fourth-order valence-corrected chi connectivity index (χ4v) is 1.49. The molecule has 0 radical (unpaired) electrons. The number of rotatable bonds is 1. The van der Waals surface area contributed by atoms with Crippen molar-refractivity contribution in [1.82, 2.24) is 0 Å². The second-order valence-corrected chi connectivity index (χ2v) is 3.31. The van der Waals surface area contributed by atoms with E-state index in [2.05, 4.69) is 18.2 Å². The smallest absolute Gasteiger partial charge is 0.0843 e. The molecule has 0 aromatic heterocycles. The molecule has 2 aromatic rings. The van der Waals surface area contributed by atoms with Crippen molar-refractivity contribution in [2.75, 3.05) is 0 Å². The first kappa shape index (κ1) is 8.33. The molecule has 0 amide bonds. The van der Waals surface area contributed by atoms with E-state index in [4.69, 9.17) is 11.6 Å². The Kier molecular flexibility index (Phi) is 2.33. The molecule has 64 valence electrons. The van der Waals surface area contributed by atoms with Crippen LogP contribution >= 0.6 is 11.6 Å². The topological polar surface area (TPSA) is 0 Å². The van der Waals surface area contributed by atoms with Gasteiger partial charge in [-0.3, -0.25) is 0 Å². The molecular formula is C12H10Cl+. The van der Waals surface area contributed by atoms with Gasteiger partial charge in [0.25, 0.3) is 0 Å². The second kappa shape index (κ2) is 3.63. The van der Waals surface area contributed by atoms with Gasteiger partial charge in [0.1, 0.15) is 0 Å². The van der Waals surface area contributed by atoms with E-state index >= 15 is 0 Å². The van der Waals surface area contributed by atoms with Crippen LogP contribution in [0.15, 0.2) is 54.6 Å². The molecule has 0 unspecified atom stereocenters. The predicted octanol–water partition coefficient (Wildman–Crippen LogP) is 4.12. The molecule has 0 aliphatic rings. The molecule has 0 saturated carbocycles. The molecule has 0 fully saturated rings. The summed E-state index contributed by atoms with van der Waals surface area (Å²) in [5, 5.41) is 0.779. The summed E-state index contributed by atoms with van der Waals surface area (Å²) in [6.07, 6.45) is 0. The molecule has 13 heavy (non-hydrogen) atoms. The van der Waals surface area contributed by atoms with E-state index in [0.29, 0.717) is 0 Å². The lowest BCUT2D eigenvalue weighted by molar-refractivity contribution is 1.62. The average molecular weight is 190 g/mol. The van der Waals surface area contributed by atoms with E-state index in [-0.39, 0.29) is 1.43 Å². The molecule has 0 saturated heterocycles. The summed E-state index contributed by atoms with van der Waals surface area (Å²) in [6, 6.07) is 18.1. The highest BCUT2D eigenvalue weighted by atomic mass is 35.5. The predicted molar refractivity (Wildman–Crippen MR) is 58.0 cm³/mol. The maximum atomic E-state index is 5.89. The fourth-order valence-electron chi connectivity index (χ4n) is 1.30. The minimum atomic E-state index is 0. The molecule has 2 aromatic carbocycles. The molecule has 0 N–H and O–H groups in total. The average Bonchev–Trinajstić information content (AvgIpc) is 2.19. The normalized spacial score (nSPS) is 9.92. The first-order chi connectivity index (χ1) is 6.36. The van der Waals surface area contributed by atoms with Gasteiger partial charge in [-0.1, -0.05) is 54.1 Å². The maximum Gasteiger partial charge on any atom is 1.00 e. The van der Waals surface area contributed by atoms with Gasteiger partial charge in [-0.05, 0) is 23.3 Å². The summed E-state index contributed by atoms with van der Waals surface area (Å²) in [5.41, 5.74) is 2.36. The van der Waals surface area contributed by atoms with Crippen LogP contribution in [0.5, 0.6) is 0 Å². The van der Waals surface area contributed by atoms with E-state index in [0.717, 1.165) is 10.6 Å². The van der Waals surface area contributed by atoms with Crippen molar-refractivity contribution in [2.45, 2.75) is 0 Å². The van der Waals surface area contributed by atoms with Crippen molar-refractivity contribution in [3.05, 3.63) is 59.6 Å². The zero-order chi connectivity index (χ0) is 9.10. The van der Waals surface area contributed by atoms with Crippen LogP contribution in [0, 0.1) is 0 Å². The van der Waals surface area contributed by atoms with Crippen molar-refractivity contribution in [3.63, 3.8) is 0 Å². The maximum absolute atomic E-state index is 5.89. The number of hydrogen-bond donors (Lipinski definition) is 0. The monoisotopic (exact) mass is 189 g/mol. The van der Waals surface area contributed by atoms with Crippen LogP contribution in [0.25, 0.3) is 11.1 Å². The van der Waals surface area contributed by atoms with Crippen LogP contribution in [-0.4, -0.2) is 0 Å². The second-order valence-electron chi connectivity index (χ2n) is 2.88. The Bertz CT molecular complexity index is 398. The summed E-state index contributed by atoms with van der Waals surface area (Å²) in [6.45, 7) is 0. The number of halogens is 1. The van der Waals surface area contributed by atoms with Gasteiger partial charge in [-0.2, -0.15) is 0 Å². The highest BCUT2D eigenvalue weighted by molar-refractivity contribution is 6.30. The molecule has 0 bridgehead atoms. The van der Waals surface area contributed by atoms with Crippen molar-refractivity contribution in [2.24, 2.45) is 0 Å². The Balaban J connectivity index is 0.000000980. The van der Waals surface area contributed by atoms with Gasteiger partial charge in [-0.25, -0.2) is 0 Å². The standard InChI is InChI=1S/C12H9Cl/c13-12-8-4-7-11(9-12)10-5-2-1-3-6-10/h1-9H/p+1. The summed E-state index contributed by atoms with van der Waals surface area (Å²) >= 11 is 5.89. The van der Waals surface area contributed by atoms with Gasteiger partial charge < -0.3 is 0 Å². The van der Waals surface area contributed by atoms with Gasteiger partial charge >= 0.3 is 1.43 Å². The molecule has 0 atom stereocenters. The molecule has 0 heterocycles. The Labute approximate surface area is 84.3 Å². The SMILES string of the molecule is Clc1cccc(-c2ccccc2)c1.[H+]. The Morgan fingerprint density at radius 1 is 0.769 bits per heavy atom. The summed E-state index contributed by atoms with van der Waals surface area (Å²) < 4.78 is 0. The minimum absolute atomic E-state index is 0. The quantitative estimate of drug-likeness (QED) is 0.633. The Morgan fingerprint density at radius 2 is 1.46 bits per heavy atom. The van der Waals surface area contributed by atoms with Crippen LogP contribution < -0.4 is 0 Å². The molecule has 1 heteroatoms. The largest absolute Gasteiger partial charge is 1.00 e. The summed E-state index contributed by atoms with van der Waals surface area (Å²) in [5.74, 6) is 0. The first-order valence-electron chi connectivity index (χ1n) is 4.17. The van der Waals surface area contributed by atoms with E-state index in [1.54, 1.807) is 0 Å². The summed E-state index contributed by atoms with van der Waals surface area (Å²) in [4.78, 5) is 0. The highest BCUT2D eigenvalue weighted by Gasteiger charge is 1.95. The lowest BCUT2D eigenvalue weighted by atomic mass is 10.1. The van der Waals surface area contributed by atoms with Crippen molar-refractivity contribution in [1.29, 1.82) is 0 Å². The van der Waals surface area contributed by atoms with Crippen LogP contribution in [0.4, 0.5) is 0 Å². The molecule has 0 spiro atoms. The summed E-state index contributed by atoms with van der Waals surface area (Å²) in [7, 11) is 0. The van der Waals surface area contributed by atoms with Gasteiger partial charge in [0.15, 0.2) is 0 Å². The van der Waals surface area contributed by atoms with E-state index in [9.17, 15) is 0 Å². The van der Waals surface area contributed by atoms with Gasteiger partial charge in [0.2, 0.25) is 0 Å². The number of benzene rings is 2. The van der Waals surface area contributed by atoms with Crippen LogP contribution in [0.2, 0.25) is 5.02 Å². The third-order valence-corrected chi connectivity index (χ3v) is 2.17. The van der Waals surface area contributed by atoms with Crippen LogP contribution in [-0.2, 0) is 0 Å². The zero-order valence-electron chi connectivity index (χ0n) is 8.07. The van der Waals surface area contributed by atoms with Crippen molar-refractivity contribution in [3.8, 4) is 11.1 Å². The zero-order valence-corrected chi connectivity index (χ0v) is 7.83. The third kappa shape index (κ3) is 1.90. The Hall–Kier alpha value is -1.27. The molecule has 0 aliphatic heterocycles. The Morgan fingerprint density at radius 3 is 2.15 bits per heavy atom. The molecule has 0 nitrogen and oxygen atoms in total. The third-order valence-electron chi connectivity index (χ3n) is 1.93. The van der Waals surface area contributed by atoms with Crippen LogP contribution in [0.3, 0.4) is 0 Å².